The molecular weight excluding hydrogens is 382 g/mol. The van der Waals surface area contributed by atoms with Crippen molar-refractivity contribution in [1.82, 2.24) is 15.5 Å². The summed E-state index contributed by atoms with van der Waals surface area (Å²) in [7, 11) is 9.23. The zero-order valence-electron chi connectivity index (χ0n) is 18.5. The molecule has 1 aromatic heterocycles. The molecule has 2 heterocycles. The van der Waals surface area contributed by atoms with Gasteiger partial charge < -0.3 is 29.4 Å². The molecule has 0 spiro atoms. The fourth-order valence-corrected chi connectivity index (χ4v) is 3.69. The maximum Gasteiger partial charge on any atom is 0.191 e. The van der Waals surface area contributed by atoms with Crippen LogP contribution in [0.15, 0.2) is 46.0 Å². The molecule has 164 valence electrons. The van der Waals surface area contributed by atoms with Crippen molar-refractivity contribution in [2.45, 2.75) is 18.5 Å². The van der Waals surface area contributed by atoms with Crippen LogP contribution < -0.4 is 25.0 Å². The molecule has 0 saturated carbocycles. The molecule has 0 aliphatic carbocycles. The first-order chi connectivity index (χ1) is 14.5. The summed E-state index contributed by atoms with van der Waals surface area (Å²) < 4.78 is 16.4. The predicted molar refractivity (Wildman–Crippen MR) is 120 cm³/mol. The van der Waals surface area contributed by atoms with Crippen molar-refractivity contribution in [3.63, 3.8) is 0 Å². The number of nitrogens with zero attached hydrogens (tertiary/aromatic N) is 3. The van der Waals surface area contributed by atoms with E-state index in [9.17, 15) is 0 Å². The van der Waals surface area contributed by atoms with Gasteiger partial charge in [0, 0.05) is 56.6 Å². The van der Waals surface area contributed by atoms with E-state index >= 15 is 0 Å². The number of rotatable bonds is 8. The summed E-state index contributed by atoms with van der Waals surface area (Å²) in [5.41, 5.74) is 1.10. The summed E-state index contributed by atoms with van der Waals surface area (Å²) >= 11 is 0. The lowest BCUT2D eigenvalue weighted by atomic mass is 10.2. The van der Waals surface area contributed by atoms with Gasteiger partial charge in [-0.3, -0.25) is 9.89 Å². The molecule has 3 rings (SSSR count). The van der Waals surface area contributed by atoms with Crippen molar-refractivity contribution in [3.05, 3.63) is 42.4 Å². The number of furan rings is 1. The van der Waals surface area contributed by atoms with Crippen molar-refractivity contribution in [2.75, 3.05) is 59.9 Å². The molecule has 0 bridgehead atoms. The van der Waals surface area contributed by atoms with Crippen LogP contribution in [-0.2, 0) is 0 Å². The summed E-state index contributed by atoms with van der Waals surface area (Å²) in [5, 5.41) is 6.98. The van der Waals surface area contributed by atoms with E-state index in [1.807, 2.05) is 44.4 Å². The van der Waals surface area contributed by atoms with E-state index < -0.39 is 0 Å². The molecule has 2 aromatic rings. The van der Waals surface area contributed by atoms with Gasteiger partial charge in [0.15, 0.2) is 5.96 Å². The fraction of sp³-hybridized carbons (Fsp3) is 0.500. The van der Waals surface area contributed by atoms with Crippen LogP contribution in [0.25, 0.3) is 0 Å². The lowest BCUT2D eigenvalue weighted by molar-refractivity contribution is 0.258. The van der Waals surface area contributed by atoms with Crippen LogP contribution in [-0.4, -0.2) is 71.9 Å². The maximum absolute atomic E-state index is 5.59. The smallest absolute Gasteiger partial charge is 0.191 e. The lowest BCUT2D eigenvalue weighted by Gasteiger charge is -2.25. The molecule has 0 amide bonds. The number of benzene rings is 1. The van der Waals surface area contributed by atoms with E-state index in [0.717, 1.165) is 48.4 Å². The number of nitrogens with one attached hydrogen (secondary N) is 2. The van der Waals surface area contributed by atoms with Gasteiger partial charge in [-0.1, -0.05) is 0 Å². The van der Waals surface area contributed by atoms with Crippen molar-refractivity contribution in [2.24, 2.45) is 4.99 Å². The zero-order chi connectivity index (χ0) is 21.5. The Labute approximate surface area is 178 Å². The molecule has 30 heavy (non-hydrogen) atoms. The Morgan fingerprint density at radius 1 is 1.27 bits per heavy atom. The van der Waals surface area contributed by atoms with E-state index in [0.29, 0.717) is 12.6 Å². The van der Waals surface area contributed by atoms with Gasteiger partial charge in [0.05, 0.1) is 26.5 Å². The standard InChI is InChI=1S/C22H33N5O3/c1-23-22(24-14-20(26(2)3)21-7-6-10-30-21)25-16-8-9-27(15-16)17-11-18(28-4)13-19(12-17)29-5/h6-7,10-13,16,20H,8-9,14-15H2,1-5H3,(H2,23,24,25). The molecule has 1 aliphatic heterocycles. The van der Waals surface area contributed by atoms with Crippen LogP contribution in [0.2, 0.25) is 0 Å². The minimum Gasteiger partial charge on any atom is -0.497 e. The van der Waals surface area contributed by atoms with Crippen molar-refractivity contribution in [3.8, 4) is 11.5 Å². The SMILES string of the molecule is CN=C(NCC(c1ccco1)N(C)C)NC1CCN(c2cc(OC)cc(OC)c2)C1. The molecule has 8 nitrogen and oxygen atoms in total. The average molecular weight is 416 g/mol. The molecular formula is C22H33N5O3. The average Bonchev–Trinajstić information content (AvgIpc) is 3.44. The predicted octanol–water partition coefficient (Wildman–Crippen LogP) is 2.34. The van der Waals surface area contributed by atoms with Crippen LogP contribution in [0.5, 0.6) is 11.5 Å². The van der Waals surface area contributed by atoms with Gasteiger partial charge in [-0.2, -0.15) is 0 Å². The Kier molecular flexibility index (Phi) is 7.46. The fourth-order valence-electron chi connectivity index (χ4n) is 3.69. The number of anilines is 1. The van der Waals surface area contributed by atoms with E-state index in [-0.39, 0.29) is 6.04 Å². The highest BCUT2D eigenvalue weighted by atomic mass is 16.5. The normalized spacial score (nSPS) is 17.9. The van der Waals surface area contributed by atoms with E-state index in [1.165, 1.54) is 0 Å². The van der Waals surface area contributed by atoms with Gasteiger partial charge in [0.25, 0.3) is 0 Å². The Morgan fingerprint density at radius 3 is 2.57 bits per heavy atom. The first-order valence-electron chi connectivity index (χ1n) is 10.2. The second kappa shape index (κ2) is 10.2. The number of likely N-dealkylation sites (N-methyl/N-ethyl adjacent to an activating group) is 1. The van der Waals surface area contributed by atoms with Crippen molar-refractivity contribution in [1.29, 1.82) is 0 Å². The number of aliphatic imine (C=N–C) groups is 1. The van der Waals surface area contributed by atoms with E-state index in [2.05, 4.69) is 25.4 Å². The van der Waals surface area contributed by atoms with E-state index in [1.54, 1.807) is 27.5 Å². The van der Waals surface area contributed by atoms with Crippen LogP contribution in [0.1, 0.15) is 18.2 Å². The molecule has 2 N–H and O–H groups in total. The quantitative estimate of drug-likeness (QED) is 0.506. The van der Waals surface area contributed by atoms with Gasteiger partial charge in [-0.05, 0) is 32.6 Å². The summed E-state index contributed by atoms with van der Waals surface area (Å²) in [6, 6.07) is 10.3. The van der Waals surface area contributed by atoms with Crippen molar-refractivity contribution >= 4 is 11.6 Å². The first-order valence-corrected chi connectivity index (χ1v) is 10.2. The van der Waals surface area contributed by atoms with Crippen LogP contribution >= 0.6 is 0 Å². The summed E-state index contributed by atoms with van der Waals surface area (Å²) in [4.78, 5) is 8.87. The molecule has 2 atom stereocenters. The third kappa shape index (κ3) is 5.38. The highest BCUT2D eigenvalue weighted by Crippen LogP contribution is 2.30. The molecule has 1 saturated heterocycles. The van der Waals surface area contributed by atoms with Crippen molar-refractivity contribution < 1.29 is 13.9 Å². The number of hydrogen-bond donors (Lipinski definition) is 2. The topological polar surface area (TPSA) is 74.5 Å². The van der Waals surface area contributed by atoms with E-state index in [4.69, 9.17) is 13.9 Å². The number of guanidine groups is 1. The number of ether oxygens (including phenoxy) is 2. The van der Waals surface area contributed by atoms with Gasteiger partial charge in [0.1, 0.15) is 17.3 Å². The number of methoxy groups -OCH3 is 2. The second-order valence-corrected chi connectivity index (χ2v) is 7.59. The molecule has 1 fully saturated rings. The van der Waals surface area contributed by atoms with Crippen LogP contribution in [0.3, 0.4) is 0 Å². The number of hydrogen-bond acceptors (Lipinski definition) is 6. The van der Waals surface area contributed by atoms with Gasteiger partial charge in [-0.25, -0.2) is 0 Å². The second-order valence-electron chi connectivity index (χ2n) is 7.59. The highest BCUT2D eigenvalue weighted by molar-refractivity contribution is 5.80. The minimum absolute atomic E-state index is 0.128. The molecule has 0 radical (unpaired) electrons. The summed E-state index contributed by atoms with van der Waals surface area (Å²) in [6.07, 6.45) is 2.73. The van der Waals surface area contributed by atoms with Crippen LogP contribution in [0, 0.1) is 0 Å². The molecule has 8 heteroatoms. The summed E-state index contributed by atoms with van der Waals surface area (Å²) in [5.74, 6) is 3.32. The largest absolute Gasteiger partial charge is 0.497 e. The lowest BCUT2D eigenvalue weighted by Crippen LogP contribution is -2.46. The van der Waals surface area contributed by atoms with Crippen LogP contribution in [0.4, 0.5) is 5.69 Å². The minimum atomic E-state index is 0.128. The van der Waals surface area contributed by atoms with Gasteiger partial charge in [0.2, 0.25) is 0 Å². The Balaban J connectivity index is 1.57. The monoisotopic (exact) mass is 415 g/mol. The summed E-state index contributed by atoms with van der Waals surface area (Å²) in [6.45, 7) is 2.54. The first kappa shape index (κ1) is 21.8. The van der Waals surface area contributed by atoms with Gasteiger partial charge in [-0.15, -0.1) is 0 Å². The maximum atomic E-state index is 5.59. The third-order valence-electron chi connectivity index (χ3n) is 5.41. The highest BCUT2D eigenvalue weighted by Gasteiger charge is 2.25. The Morgan fingerprint density at radius 2 is 2.00 bits per heavy atom. The Hall–Kier alpha value is -2.87. The molecule has 1 aromatic carbocycles. The molecule has 2 unspecified atom stereocenters. The van der Waals surface area contributed by atoms with Gasteiger partial charge >= 0.3 is 0 Å². The molecule has 1 aliphatic rings. The Bertz CT molecular complexity index is 800. The third-order valence-corrected chi connectivity index (χ3v) is 5.41. The zero-order valence-corrected chi connectivity index (χ0v) is 18.5.